The average molecular weight is 273 g/mol. The molecule has 0 bridgehead atoms. The third-order valence-corrected chi connectivity index (χ3v) is 2.81. The Kier molecular flexibility index (Phi) is 4.14. The fourth-order valence-corrected chi connectivity index (χ4v) is 1.75. The van der Waals surface area contributed by atoms with Gasteiger partial charge in [0, 0.05) is 7.05 Å². The fourth-order valence-electron chi connectivity index (χ4n) is 1.75. The van der Waals surface area contributed by atoms with Crippen LogP contribution in [0.1, 0.15) is 10.5 Å². The molecular weight excluding hydrogens is 258 g/mol. The van der Waals surface area contributed by atoms with Crippen molar-refractivity contribution in [2.75, 3.05) is 26.2 Å². The third-order valence-electron chi connectivity index (χ3n) is 2.81. The molecule has 2 aromatic rings. The van der Waals surface area contributed by atoms with Crippen LogP contribution in [0.5, 0.6) is 5.75 Å². The number of carbonyl (C=O) groups is 1. The van der Waals surface area contributed by atoms with Crippen LogP contribution in [-0.2, 0) is 4.74 Å². The van der Waals surface area contributed by atoms with Crippen molar-refractivity contribution < 1.29 is 14.3 Å². The summed E-state index contributed by atoms with van der Waals surface area (Å²) in [5.74, 6) is 0.713. The molecule has 1 heterocycles. The normalized spacial score (nSPS) is 9.95. The molecule has 0 radical (unpaired) electrons. The molecule has 0 unspecified atom stereocenters. The molecule has 0 saturated carbocycles. The zero-order chi connectivity index (χ0) is 14.5. The lowest BCUT2D eigenvalue weighted by atomic mass is 10.2. The van der Waals surface area contributed by atoms with E-state index in [4.69, 9.17) is 4.74 Å². The molecule has 0 aliphatic rings. The summed E-state index contributed by atoms with van der Waals surface area (Å²) in [5.41, 5.74) is 0.984. The fraction of sp³-hybridized carbons (Fsp3) is 0.214. The molecule has 0 fully saturated rings. The lowest BCUT2D eigenvalue weighted by Crippen LogP contribution is -2.15. The van der Waals surface area contributed by atoms with E-state index in [1.54, 1.807) is 18.2 Å². The number of anilines is 2. The number of aromatic nitrogens is 2. The molecule has 1 aromatic heterocycles. The zero-order valence-corrected chi connectivity index (χ0v) is 11.5. The monoisotopic (exact) mass is 273 g/mol. The number of benzene rings is 1. The summed E-state index contributed by atoms with van der Waals surface area (Å²) in [4.78, 5) is 21.5. The van der Waals surface area contributed by atoms with E-state index >= 15 is 0 Å². The molecule has 0 aliphatic heterocycles. The first-order valence-electron chi connectivity index (χ1n) is 5.94. The first-order chi connectivity index (χ1) is 9.67. The van der Waals surface area contributed by atoms with Crippen LogP contribution in [0.15, 0.2) is 36.7 Å². The summed E-state index contributed by atoms with van der Waals surface area (Å²) in [6.07, 6.45) is 2.93. The molecule has 1 aromatic carbocycles. The van der Waals surface area contributed by atoms with E-state index in [-0.39, 0.29) is 5.69 Å². The Labute approximate surface area is 117 Å². The van der Waals surface area contributed by atoms with Gasteiger partial charge in [0.15, 0.2) is 11.5 Å². The van der Waals surface area contributed by atoms with Gasteiger partial charge in [-0.05, 0) is 12.1 Å². The van der Waals surface area contributed by atoms with Gasteiger partial charge in [-0.15, -0.1) is 0 Å². The lowest BCUT2D eigenvalue weighted by Gasteiger charge is -2.20. The Bertz CT molecular complexity index is 616. The largest absolute Gasteiger partial charge is 0.495 e. The molecule has 6 heteroatoms. The molecule has 104 valence electrons. The van der Waals surface area contributed by atoms with Crippen LogP contribution >= 0.6 is 0 Å². The van der Waals surface area contributed by atoms with E-state index in [9.17, 15) is 4.79 Å². The van der Waals surface area contributed by atoms with Gasteiger partial charge in [-0.3, -0.25) is 4.98 Å². The van der Waals surface area contributed by atoms with Crippen molar-refractivity contribution in [2.24, 2.45) is 0 Å². The van der Waals surface area contributed by atoms with E-state index < -0.39 is 5.97 Å². The van der Waals surface area contributed by atoms with Crippen molar-refractivity contribution in [2.45, 2.75) is 0 Å². The summed E-state index contributed by atoms with van der Waals surface area (Å²) in [6, 6.07) is 7.52. The first-order valence-corrected chi connectivity index (χ1v) is 5.94. The molecule has 6 nitrogen and oxygen atoms in total. The maximum Gasteiger partial charge on any atom is 0.358 e. The van der Waals surface area contributed by atoms with Gasteiger partial charge in [0.2, 0.25) is 0 Å². The topological polar surface area (TPSA) is 64.5 Å². The van der Waals surface area contributed by atoms with Crippen molar-refractivity contribution >= 4 is 17.5 Å². The van der Waals surface area contributed by atoms with Crippen molar-refractivity contribution in [1.82, 2.24) is 9.97 Å². The van der Waals surface area contributed by atoms with Crippen LogP contribution in [-0.4, -0.2) is 37.2 Å². The molecule has 20 heavy (non-hydrogen) atoms. The Balaban J connectivity index is 2.38. The molecular formula is C14H15N3O3. The van der Waals surface area contributed by atoms with Gasteiger partial charge in [0.1, 0.15) is 5.75 Å². The van der Waals surface area contributed by atoms with Gasteiger partial charge in [-0.2, -0.15) is 0 Å². The van der Waals surface area contributed by atoms with Gasteiger partial charge >= 0.3 is 5.97 Å². The number of rotatable bonds is 4. The SMILES string of the molecule is COC(=O)c1cncc(N(C)c2ccccc2OC)n1. The smallest absolute Gasteiger partial charge is 0.358 e. The lowest BCUT2D eigenvalue weighted by molar-refractivity contribution is 0.0593. The highest BCUT2D eigenvalue weighted by Gasteiger charge is 2.14. The highest BCUT2D eigenvalue weighted by molar-refractivity contribution is 5.87. The zero-order valence-electron chi connectivity index (χ0n) is 11.5. The Hall–Kier alpha value is -2.63. The van der Waals surface area contributed by atoms with Crippen LogP contribution in [0.4, 0.5) is 11.5 Å². The number of hydrogen-bond donors (Lipinski definition) is 0. The van der Waals surface area contributed by atoms with Gasteiger partial charge < -0.3 is 14.4 Å². The highest BCUT2D eigenvalue weighted by Crippen LogP contribution is 2.30. The van der Waals surface area contributed by atoms with Crippen LogP contribution < -0.4 is 9.64 Å². The Morgan fingerprint density at radius 3 is 2.65 bits per heavy atom. The van der Waals surface area contributed by atoms with E-state index in [1.165, 1.54) is 13.3 Å². The van der Waals surface area contributed by atoms with Crippen LogP contribution in [0.2, 0.25) is 0 Å². The van der Waals surface area contributed by atoms with Crippen LogP contribution in [0.3, 0.4) is 0 Å². The van der Waals surface area contributed by atoms with Gasteiger partial charge in [0.05, 0.1) is 32.3 Å². The van der Waals surface area contributed by atoms with E-state index in [0.29, 0.717) is 11.6 Å². The molecule has 0 aliphatic carbocycles. The molecule has 0 N–H and O–H groups in total. The van der Waals surface area contributed by atoms with Gasteiger partial charge in [-0.1, -0.05) is 12.1 Å². The molecule has 0 atom stereocenters. The van der Waals surface area contributed by atoms with Crippen molar-refractivity contribution in [3.63, 3.8) is 0 Å². The predicted molar refractivity (Wildman–Crippen MR) is 74.4 cm³/mol. The molecule has 0 spiro atoms. The summed E-state index contributed by atoms with van der Waals surface area (Å²) in [6.45, 7) is 0. The van der Waals surface area contributed by atoms with Crippen molar-refractivity contribution in [3.8, 4) is 5.75 Å². The van der Waals surface area contributed by atoms with Gasteiger partial charge in [-0.25, -0.2) is 9.78 Å². The minimum absolute atomic E-state index is 0.159. The summed E-state index contributed by atoms with van der Waals surface area (Å²) in [7, 11) is 4.73. The highest BCUT2D eigenvalue weighted by atomic mass is 16.5. The third kappa shape index (κ3) is 2.69. The number of para-hydroxylation sites is 2. The van der Waals surface area contributed by atoms with E-state index in [0.717, 1.165) is 5.69 Å². The van der Waals surface area contributed by atoms with Crippen LogP contribution in [0.25, 0.3) is 0 Å². The molecule has 2 rings (SSSR count). The minimum atomic E-state index is -0.521. The second-order valence-corrected chi connectivity index (χ2v) is 3.98. The second kappa shape index (κ2) is 6.01. The number of esters is 1. The summed E-state index contributed by atoms with van der Waals surface area (Å²) < 4.78 is 9.94. The van der Waals surface area contributed by atoms with Crippen LogP contribution in [0, 0.1) is 0 Å². The average Bonchev–Trinajstić information content (AvgIpc) is 2.53. The Morgan fingerprint density at radius 2 is 1.95 bits per heavy atom. The second-order valence-electron chi connectivity index (χ2n) is 3.98. The quantitative estimate of drug-likeness (QED) is 0.794. The number of ether oxygens (including phenoxy) is 2. The summed E-state index contributed by atoms with van der Waals surface area (Å²) in [5, 5.41) is 0. The van der Waals surface area contributed by atoms with Crippen molar-refractivity contribution in [3.05, 3.63) is 42.4 Å². The number of methoxy groups -OCH3 is 2. The maximum atomic E-state index is 11.5. The predicted octanol–water partition coefficient (Wildman–Crippen LogP) is 2.04. The van der Waals surface area contributed by atoms with Gasteiger partial charge in [0.25, 0.3) is 0 Å². The standard InChI is InChI=1S/C14H15N3O3/c1-17(11-6-4-5-7-12(11)19-2)13-9-15-8-10(16-13)14(18)20-3/h4-9H,1-3H3. The number of carbonyl (C=O) groups excluding carboxylic acids is 1. The maximum absolute atomic E-state index is 11.5. The van der Waals surface area contributed by atoms with E-state index in [2.05, 4.69) is 14.7 Å². The van der Waals surface area contributed by atoms with Crippen molar-refractivity contribution in [1.29, 1.82) is 0 Å². The first kappa shape index (κ1) is 13.8. The summed E-state index contributed by atoms with van der Waals surface area (Å²) >= 11 is 0. The van der Waals surface area contributed by atoms with E-state index in [1.807, 2.05) is 31.3 Å². The molecule has 0 amide bonds. The Morgan fingerprint density at radius 1 is 1.20 bits per heavy atom. The molecule has 0 saturated heterocycles. The number of nitrogens with zero attached hydrogens (tertiary/aromatic N) is 3. The number of hydrogen-bond acceptors (Lipinski definition) is 6. The minimum Gasteiger partial charge on any atom is -0.495 e.